The minimum atomic E-state index is -0.477. The smallest absolute Gasteiger partial charge is 0.251 e. The predicted molar refractivity (Wildman–Crippen MR) is 62.7 cm³/mol. The maximum Gasteiger partial charge on any atom is 0.251 e. The molecule has 0 radical (unpaired) electrons. The monoisotopic (exact) mass is 249 g/mol. The van der Waals surface area contributed by atoms with E-state index in [1.54, 1.807) is 0 Å². The van der Waals surface area contributed by atoms with Crippen molar-refractivity contribution in [2.75, 3.05) is 25.7 Å². The number of hydrogen-bond acceptors (Lipinski definition) is 3. The summed E-state index contributed by atoms with van der Waals surface area (Å²) >= 11 is 5.73. The van der Waals surface area contributed by atoms with Crippen molar-refractivity contribution in [3.05, 3.63) is 0 Å². The minimum Gasteiger partial charge on any atom is -0.376 e. The number of carbonyl (C=O) groups is 1. The number of alkyl halides is 1. The van der Waals surface area contributed by atoms with Gasteiger partial charge in [-0.05, 0) is 19.8 Å². The first-order chi connectivity index (χ1) is 7.61. The maximum absolute atomic E-state index is 11.9. The molecule has 1 aliphatic rings. The van der Waals surface area contributed by atoms with E-state index < -0.39 is 6.10 Å². The lowest BCUT2D eigenvalue weighted by atomic mass is 9.95. The lowest BCUT2D eigenvalue weighted by Gasteiger charge is -2.32. The van der Waals surface area contributed by atoms with Crippen LogP contribution in [0.1, 0.15) is 26.7 Å². The highest BCUT2D eigenvalue weighted by atomic mass is 35.5. The molecule has 1 aliphatic heterocycles. The fourth-order valence-corrected chi connectivity index (χ4v) is 1.97. The van der Waals surface area contributed by atoms with Gasteiger partial charge in [-0.15, -0.1) is 11.6 Å². The molecule has 1 N–H and O–H groups in total. The molecule has 0 aromatic rings. The summed E-state index contributed by atoms with van der Waals surface area (Å²) < 4.78 is 10.5. The van der Waals surface area contributed by atoms with Gasteiger partial charge in [-0.2, -0.15) is 0 Å². The van der Waals surface area contributed by atoms with Crippen molar-refractivity contribution in [2.24, 2.45) is 0 Å². The second-order valence-corrected chi connectivity index (χ2v) is 4.65. The molecule has 1 heterocycles. The molecular weight excluding hydrogens is 230 g/mol. The molecule has 5 heteroatoms. The molecule has 0 spiro atoms. The van der Waals surface area contributed by atoms with Gasteiger partial charge < -0.3 is 14.8 Å². The Hall–Kier alpha value is -0.320. The zero-order valence-corrected chi connectivity index (χ0v) is 10.7. The molecule has 1 amide bonds. The zero-order valence-electron chi connectivity index (χ0n) is 9.92. The number of halogens is 1. The van der Waals surface area contributed by atoms with Crippen molar-refractivity contribution in [2.45, 2.75) is 38.3 Å². The average molecular weight is 250 g/mol. The molecule has 2 unspecified atom stereocenters. The van der Waals surface area contributed by atoms with E-state index in [9.17, 15) is 4.79 Å². The van der Waals surface area contributed by atoms with Crippen LogP contribution in [0.5, 0.6) is 0 Å². The third kappa shape index (κ3) is 3.92. The third-order valence-corrected chi connectivity index (χ3v) is 3.15. The molecule has 16 heavy (non-hydrogen) atoms. The van der Waals surface area contributed by atoms with E-state index >= 15 is 0 Å². The number of rotatable bonds is 5. The summed E-state index contributed by atoms with van der Waals surface area (Å²) in [6, 6.07) is 0. The minimum absolute atomic E-state index is 0.103. The van der Waals surface area contributed by atoms with Crippen molar-refractivity contribution in [3.8, 4) is 0 Å². The summed E-state index contributed by atoms with van der Waals surface area (Å²) in [5.74, 6) is 0.432. The molecule has 0 aromatic carbocycles. The molecule has 94 valence electrons. The van der Waals surface area contributed by atoms with Gasteiger partial charge in [0.05, 0.1) is 19.8 Å². The molecule has 1 fully saturated rings. The van der Waals surface area contributed by atoms with Gasteiger partial charge in [-0.1, -0.05) is 6.92 Å². The Bertz CT molecular complexity index is 231. The molecule has 1 rings (SSSR count). The van der Waals surface area contributed by atoms with Crippen LogP contribution in [0, 0.1) is 0 Å². The van der Waals surface area contributed by atoms with E-state index in [0.717, 1.165) is 12.8 Å². The normalized spacial score (nSPS) is 24.8. The number of carbonyl (C=O) groups excluding carboxylic acids is 1. The summed E-state index contributed by atoms with van der Waals surface area (Å²) in [5.41, 5.74) is -0.250. The molecular formula is C11H20ClNO3. The summed E-state index contributed by atoms with van der Waals surface area (Å²) in [6.07, 6.45) is 1.12. The van der Waals surface area contributed by atoms with Crippen molar-refractivity contribution >= 4 is 17.5 Å². The van der Waals surface area contributed by atoms with E-state index in [1.165, 1.54) is 0 Å². The van der Waals surface area contributed by atoms with E-state index in [-0.39, 0.29) is 11.4 Å². The zero-order chi connectivity index (χ0) is 12.0. The first kappa shape index (κ1) is 13.7. The van der Waals surface area contributed by atoms with Crippen LogP contribution in [0.2, 0.25) is 0 Å². The van der Waals surface area contributed by atoms with Crippen LogP contribution < -0.4 is 5.32 Å². The van der Waals surface area contributed by atoms with Gasteiger partial charge >= 0.3 is 0 Å². The summed E-state index contributed by atoms with van der Waals surface area (Å²) in [5, 5.41) is 2.99. The van der Waals surface area contributed by atoms with Crippen molar-refractivity contribution in [3.63, 3.8) is 0 Å². The molecule has 0 bridgehead atoms. The summed E-state index contributed by atoms with van der Waals surface area (Å²) in [7, 11) is 0. The Morgan fingerprint density at radius 1 is 1.56 bits per heavy atom. The largest absolute Gasteiger partial charge is 0.376 e. The first-order valence-electron chi connectivity index (χ1n) is 5.68. The van der Waals surface area contributed by atoms with Crippen LogP contribution in [0.4, 0.5) is 0 Å². The Morgan fingerprint density at radius 2 is 2.31 bits per heavy atom. The molecule has 1 saturated heterocycles. The van der Waals surface area contributed by atoms with E-state index in [1.807, 2.05) is 13.8 Å². The number of hydrogen-bond donors (Lipinski definition) is 1. The Kier molecular flexibility index (Phi) is 5.52. The van der Waals surface area contributed by atoms with Crippen LogP contribution in [-0.2, 0) is 14.3 Å². The van der Waals surface area contributed by atoms with Crippen molar-refractivity contribution in [1.29, 1.82) is 0 Å². The Balaban J connectivity index is 2.47. The molecule has 2 atom stereocenters. The quantitative estimate of drug-likeness (QED) is 0.748. The predicted octanol–water partition coefficient (Wildman–Crippen LogP) is 1.32. The van der Waals surface area contributed by atoms with Crippen molar-refractivity contribution in [1.82, 2.24) is 5.32 Å². The average Bonchev–Trinajstić information content (AvgIpc) is 2.30. The van der Waals surface area contributed by atoms with E-state index in [2.05, 4.69) is 5.32 Å². The second kappa shape index (κ2) is 6.42. The standard InChI is InChI=1S/C11H20ClNO3/c1-3-11(2,4-5-12)13-10(14)9-8-15-6-7-16-9/h9H,3-8H2,1-2H3,(H,13,14). The highest BCUT2D eigenvalue weighted by Crippen LogP contribution is 2.16. The second-order valence-electron chi connectivity index (χ2n) is 4.28. The van der Waals surface area contributed by atoms with Gasteiger partial charge in [0.25, 0.3) is 5.91 Å². The Labute approximate surface area is 102 Å². The van der Waals surface area contributed by atoms with Gasteiger partial charge in [0.1, 0.15) is 0 Å². The van der Waals surface area contributed by atoms with Gasteiger partial charge in [0, 0.05) is 11.4 Å². The number of nitrogens with one attached hydrogen (secondary N) is 1. The van der Waals surface area contributed by atoms with Crippen LogP contribution >= 0.6 is 11.6 Å². The SMILES string of the molecule is CCC(C)(CCCl)NC(=O)C1COCCO1. The highest BCUT2D eigenvalue weighted by molar-refractivity contribution is 6.17. The molecule has 0 aromatic heterocycles. The topological polar surface area (TPSA) is 47.6 Å². The van der Waals surface area contributed by atoms with Crippen LogP contribution in [-0.4, -0.2) is 43.3 Å². The summed E-state index contributed by atoms with van der Waals surface area (Å²) in [4.78, 5) is 11.9. The molecule has 4 nitrogen and oxygen atoms in total. The van der Waals surface area contributed by atoms with Crippen LogP contribution in [0.15, 0.2) is 0 Å². The molecule has 0 saturated carbocycles. The fraction of sp³-hybridized carbons (Fsp3) is 0.909. The van der Waals surface area contributed by atoms with E-state index in [0.29, 0.717) is 25.7 Å². The summed E-state index contributed by atoms with van der Waals surface area (Å²) in [6.45, 7) is 5.42. The van der Waals surface area contributed by atoms with Crippen molar-refractivity contribution < 1.29 is 14.3 Å². The Morgan fingerprint density at radius 3 is 2.81 bits per heavy atom. The van der Waals surface area contributed by atoms with Crippen LogP contribution in [0.3, 0.4) is 0 Å². The van der Waals surface area contributed by atoms with Crippen LogP contribution in [0.25, 0.3) is 0 Å². The van der Waals surface area contributed by atoms with Gasteiger partial charge in [-0.3, -0.25) is 4.79 Å². The lowest BCUT2D eigenvalue weighted by molar-refractivity contribution is -0.149. The lowest BCUT2D eigenvalue weighted by Crippen LogP contribution is -2.52. The first-order valence-corrected chi connectivity index (χ1v) is 6.22. The number of ether oxygens (including phenoxy) is 2. The highest BCUT2D eigenvalue weighted by Gasteiger charge is 2.29. The van der Waals surface area contributed by atoms with Gasteiger partial charge in [0.2, 0.25) is 0 Å². The number of amides is 1. The fourth-order valence-electron chi connectivity index (χ4n) is 1.55. The van der Waals surface area contributed by atoms with Gasteiger partial charge in [0.15, 0.2) is 6.10 Å². The van der Waals surface area contributed by atoms with E-state index in [4.69, 9.17) is 21.1 Å². The van der Waals surface area contributed by atoms with Gasteiger partial charge in [-0.25, -0.2) is 0 Å². The molecule has 0 aliphatic carbocycles. The third-order valence-electron chi connectivity index (χ3n) is 2.96. The maximum atomic E-state index is 11.9.